The smallest absolute Gasteiger partial charge is 0.338 e. The summed E-state index contributed by atoms with van der Waals surface area (Å²) in [6.45, 7) is 11.0. The molecular weight excluding hydrogens is 406 g/mol. The number of rotatable bonds is 16. The summed E-state index contributed by atoms with van der Waals surface area (Å²) in [5.41, 5.74) is 6.97. The van der Waals surface area contributed by atoms with Crippen LogP contribution in [0.15, 0.2) is 36.4 Å². The zero-order valence-corrected chi connectivity index (χ0v) is 21.5. The van der Waals surface area contributed by atoms with Gasteiger partial charge in [-0.15, -0.1) is 0 Å². The lowest BCUT2D eigenvalue weighted by atomic mass is 10.1. The van der Waals surface area contributed by atoms with Crippen LogP contribution in [0.25, 0.3) is 0 Å². The minimum absolute atomic E-state index is 0.192. The third-order valence-electron chi connectivity index (χ3n) is 6.05. The summed E-state index contributed by atoms with van der Waals surface area (Å²) in [5.74, 6) is -0.192. The number of carbonyl (C=O) groups excluding carboxylic acids is 1. The zero-order valence-electron chi connectivity index (χ0n) is 21.5. The molecule has 3 heteroatoms. The van der Waals surface area contributed by atoms with Crippen molar-refractivity contribution in [2.45, 2.75) is 98.4 Å². The second kappa shape index (κ2) is 15.7. The van der Waals surface area contributed by atoms with E-state index in [1.165, 1.54) is 68.1 Å². The van der Waals surface area contributed by atoms with Crippen LogP contribution in [0.1, 0.15) is 102 Å². The fourth-order valence-corrected chi connectivity index (χ4v) is 4.51. The monoisotopic (exact) mass is 451 g/mol. The van der Waals surface area contributed by atoms with Gasteiger partial charge in [0.2, 0.25) is 0 Å². The van der Waals surface area contributed by atoms with Crippen LogP contribution in [-0.4, -0.2) is 19.1 Å². The topological polar surface area (TPSA) is 38.3 Å². The summed E-state index contributed by atoms with van der Waals surface area (Å²) in [7, 11) is 0. The normalized spacial score (nSPS) is 11.0. The Kier molecular flexibility index (Phi) is 12.9. The molecule has 2 rings (SSSR count). The second-order valence-electron chi connectivity index (χ2n) is 9.72. The van der Waals surface area contributed by atoms with E-state index < -0.39 is 0 Å². The van der Waals surface area contributed by atoms with Crippen LogP contribution in [-0.2, 0) is 11.3 Å². The number of hydrogen-bond acceptors (Lipinski definition) is 3. The van der Waals surface area contributed by atoms with Crippen LogP contribution in [0, 0.1) is 27.7 Å². The molecule has 0 atom stereocenters. The Bertz CT molecular complexity index is 803. The molecular formula is C30H45NO2. The highest BCUT2D eigenvalue weighted by atomic mass is 16.5. The van der Waals surface area contributed by atoms with E-state index in [1.54, 1.807) is 0 Å². The van der Waals surface area contributed by atoms with E-state index in [2.05, 4.69) is 43.4 Å². The Morgan fingerprint density at radius 3 is 1.64 bits per heavy atom. The third kappa shape index (κ3) is 12.1. The summed E-state index contributed by atoms with van der Waals surface area (Å²) in [6, 6.07) is 12.7. The molecule has 0 saturated heterocycles. The summed E-state index contributed by atoms with van der Waals surface area (Å²) in [6.07, 6.45) is 12.6. The molecule has 3 nitrogen and oxygen atoms in total. The minimum Gasteiger partial charge on any atom is -0.462 e. The summed E-state index contributed by atoms with van der Waals surface area (Å²) >= 11 is 0. The fourth-order valence-electron chi connectivity index (χ4n) is 4.51. The standard InChI is InChI=1S/C30H45NO2/c1-24-17-25(2)20-28(19-24)23-31-15-13-11-9-7-5-6-8-10-12-14-16-33-30(32)29-21-26(3)18-27(4)22-29/h17-22,31H,5-16,23H2,1-4H3. The van der Waals surface area contributed by atoms with Crippen molar-refractivity contribution in [2.75, 3.05) is 13.2 Å². The van der Waals surface area contributed by atoms with E-state index in [-0.39, 0.29) is 5.97 Å². The van der Waals surface area contributed by atoms with Gasteiger partial charge in [0.15, 0.2) is 0 Å². The van der Waals surface area contributed by atoms with Gasteiger partial charge in [-0.3, -0.25) is 0 Å². The maximum Gasteiger partial charge on any atom is 0.338 e. The van der Waals surface area contributed by atoms with Gasteiger partial charge in [0.1, 0.15) is 0 Å². The number of benzene rings is 2. The van der Waals surface area contributed by atoms with Gasteiger partial charge in [-0.2, -0.15) is 0 Å². The Morgan fingerprint density at radius 2 is 1.09 bits per heavy atom. The number of hydrogen-bond donors (Lipinski definition) is 1. The van der Waals surface area contributed by atoms with Gasteiger partial charge < -0.3 is 10.1 Å². The molecule has 0 saturated carbocycles. The molecule has 0 aliphatic carbocycles. The van der Waals surface area contributed by atoms with Crippen LogP contribution in [0.5, 0.6) is 0 Å². The van der Waals surface area contributed by atoms with Crippen molar-refractivity contribution >= 4 is 5.97 Å². The minimum atomic E-state index is -0.192. The highest BCUT2D eigenvalue weighted by Crippen LogP contribution is 2.13. The maximum atomic E-state index is 12.1. The van der Waals surface area contributed by atoms with Gasteiger partial charge in [-0.25, -0.2) is 4.79 Å². The molecule has 1 N–H and O–H groups in total. The number of nitrogens with one attached hydrogen (secondary N) is 1. The van der Waals surface area contributed by atoms with E-state index in [1.807, 2.05) is 26.0 Å². The molecule has 0 bridgehead atoms. The van der Waals surface area contributed by atoms with Gasteiger partial charge in [0, 0.05) is 6.54 Å². The van der Waals surface area contributed by atoms with E-state index in [0.717, 1.165) is 37.1 Å². The van der Waals surface area contributed by atoms with E-state index in [4.69, 9.17) is 4.74 Å². The Hall–Kier alpha value is -2.13. The summed E-state index contributed by atoms with van der Waals surface area (Å²) in [5, 5.41) is 3.58. The molecule has 0 spiro atoms. The number of carbonyl (C=O) groups is 1. The number of unbranched alkanes of at least 4 members (excludes halogenated alkanes) is 9. The lowest BCUT2D eigenvalue weighted by Gasteiger charge is -2.07. The SMILES string of the molecule is Cc1cc(C)cc(CNCCCCCCCCCCCCOC(=O)c2cc(C)cc(C)c2)c1. The molecule has 0 unspecified atom stereocenters. The molecule has 0 aliphatic rings. The molecule has 33 heavy (non-hydrogen) atoms. The first-order valence-electron chi connectivity index (χ1n) is 13.0. The van der Waals surface area contributed by atoms with Crippen molar-refractivity contribution in [2.24, 2.45) is 0 Å². The van der Waals surface area contributed by atoms with Crippen LogP contribution in [0.4, 0.5) is 0 Å². The van der Waals surface area contributed by atoms with Gasteiger partial charge >= 0.3 is 5.97 Å². The molecule has 0 aromatic heterocycles. The van der Waals surface area contributed by atoms with Crippen molar-refractivity contribution in [3.8, 4) is 0 Å². The average molecular weight is 452 g/mol. The first-order chi connectivity index (χ1) is 15.9. The van der Waals surface area contributed by atoms with Crippen molar-refractivity contribution in [3.63, 3.8) is 0 Å². The quantitative estimate of drug-likeness (QED) is 0.209. The molecule has 0 fully saturated rings. The number of ether oxygens (including phenoxy) is 1. The van der Waals surface area contributed by atoms with Gasteiger partial charge in [-0.05, 0) is 64.8 Å². The lowest BCUT2D eigenvalue weighted by Crippen LogP contribution is -2.14. The van der Waals surface area contributed by atoms with Crippen LogP contribution >= 0.6 is 0 Å². The maximum absolute atomic E-state index is 12.1. The molecule has 0 heterocycles. The Morgan fingerprint density at radius 1 is 0.636 bits per heavy atom. The van der Waals surface area contributed by atoms with Gasteiger partial charge in [-0.1, -0.05) is 97.9 Å². The van der Waals surface area contributed by atoms with Crippen LogP contribution in [0.3, 0.4) is 0 Å². The molecule has 2 aromatic rings. The first-order valence-corrected chi connectivity index (χ1v) is 13.0. The van der Waals surface area contributed by atoms with Gasteiger partial charge in [0.05, 0.1) is 12.2 Å². The average Bonchev–Trinajstić information content (AvgIpc) is 2.75. The Labute approximate surface area is 202 Å². The highest BCUT2D eigenvalue weighted by Gasteiger charge is 2.07. The van der Waals surface area contributed by atoms with Gasteiger partial charge in [0.25, 0.3) is 0 Å². The molecule has 182 valence electrons. The number of esters is 1. The largest absolute Gasteiger partial charge is 0.462 e. The van der Waals surface area contributed by atoms with Crippen molar-refractivity contribution in [1.82, 2.24) is 5.32 Å². The summed E-state index contributed by atoms with van der Waals surface area (Å²) < 4.78 is 5.43. The first kappa shape index (κ1) is 27.1. The highest BCUT2D eigenvalue weighted by molar-refractivity contribution is 5.89. The molecule has 0 amide bonds. The Balaban J connectivity index is 1.35. The van der Waals surface area contributed by atoms with Crippen LogP contribution < -0.4 is 5.32 Å². The van der Waals surface area contributed by atoms with Crippen molar-refractivity contribution < 1.29 is 9.53 Å². The lowest BCUT2D eigenvalue weighted by molar-refractivity contribution is 0.0497. The number of aryl methyl sites for hydroxylation is 4. The van der Waals surface area contributed by atoms with Crippen molar-refractivity contribution in [3.05, 3.63) is 69.8 Å². The van der Waals surface area contributed by atoms with E-state index >= 15 is 0 Å². The molecule has 0 radical (unpaired) electrons. The second-order valence-corrected chi connectivity index (χ2v) is 9.72. The third-order valence-corrected chi connectivity index (χ3v) is 6.05. The van der Waals surface area contributed by atoms with E-state index in [0.29, 0.717) is 12.2 Å². The molecule has 0 aliphatic heterocycles. The van der Waals surface area contributed by atoms with Crippen LogP contribution in [0.2, 0.25) is 0 Å². The zero-order chi connectivity index (χ0) is 23.9. The predicted molar refractivity (Wildman–Crippen MR) is 140 cm³/mol. The predicted octanol–water partition coefficient (Wildman–Crippen LogP) is 7.77. The summed E-state index contributed by atoms with van der Waals surface area (Å²) in [4.78, 5) is 12.1. The molecule has 2 aromatic carbocycles. The van der Waals surface area contributed by atoms with Crippen molar-refractivity contribution in [1.29, 1.82) is 0 Å². The fraction of sp³-hybridized carbons (Fsp3) is 0.567. The van der Waals surface area contributed by atoms with E-state index in [9.17, 15) is 4.79 Å².